The van der Waals surface area contributed by atoms with Crippen LogP contribution in [0.5, 0.6) is 0 Å². The Kier molecular flexibility index (Phi) is 1.92. The normalized spacial score (nSPS) is 22.0. The van der Waals surface area contributed by atoms with Crippen LogP contribution in [0.25, 0.3) is 0 Å². The predicted octanol–water partition coefficient (Wildman–Crippen LogP) is 0.995. The van der Waals surface area contributed by atoms with Crippen LogP contribution in [0.3, 0.4) is 0 Å². The number of nitrogens with one attached hydrogen (secondary N) is 1. The van der Waals surface area contributed by atoms with E-state index in [2.05, 4.69) is 10.2 Å². The Hall–Kier alpha value is -1.06. The summed E-state index contributed by atoms with van der Waals surface area (Å²) in [5.41, 5.74) is 3.19. The van der Waals surface area contributed by atoms with Crippen molar-refractivity contribution in [1.29, 1.82) is 0 Å². The molecule has 0 aliphatic carbocycles. The maximum absolute atomic E-state index is 5.34. The third-order valence-electron chi connectivity index (χ3n) is 2.97. The third kappa shape index (κ3) is 1.38. The fourth-order valence-electron chi connectivity index (χ4n) is 2.28. The molecule has 3 heteroatoms. The topological polar surface area (TPSA) is 28.4 Å². The molecule has 1 aromatic heterocycles. The Labute approximate surface area is 83.4 Å². The molecule has 74 valence electrons. The first kappa shape index (κ1) is 8.26. The number of nitrogens with zero attached hydrogens (tertiary/aromatic N) is 1. The molecule has 0 unspecified atom stereocenters. The van der Waals surface area contributed by atoms with E-state index in [1.165, 1.54) is 0 Å². The van der Waals surface area contributed by atoms with E-state index in [0.29, 0.717) is 0 Å². The van der Waals surface area contributed by atoms with Crippen LogP contribution >= 0.6 is 0 Å². The Bertz CT molecular complexity index is 337. The molecule has 0 saturated carbocycles. The molecule has 1 aromatic rings. The van der Waals surface area contributed by atoms with Gasteiger partial charge in [-0.25, -0.2) is 0 Å². The molecular formula is C11H14N2O. The highest BCUT2D eigenvalue weighted by molar-refractivity contribution is 5.29. The van der Waals surface area contributed by atoms with E-state index in [0.717, 1.165) is 38.5 Å². The van der Waals surface area contributed by atoms with Crippen LogP contribution in [0.2, 0.25) is 0 Å². The SMILES string of the molecule is c1coc(CN2CC3=C(CNC3)C2)c1. The van der Waals surface area contributed by atoms with Crippen LogP contribution < -0.4 is 5.32 Å². The van der Waals surface area contributed by atoms with Crippen LogP contribution in [0.15, 0.2) is 34.0 Å². The summed E-state index contributed by atoms with van der Waals surface area (Å²) >= 11 is 0. The Morgan fingerprint density at radius 2 is 2.07 bits per heavy atom. The predicted molar refractivity (Wildman–Crippen MR) is 53.9 cm³/mol. The minimum atomic E-state index is 0.944. The molecule has 3 heterocycles. The van der Waals surface area contributed by atoms with Gasteiger partial charge in [0.2, 0.25) is 0 Å². The Balaban J connectivity index is 1.63. The van der Waals surface area contributed by atoms with E-state index in [1.807, 2.05) is 12.1 Å². The van der Waals surface area contributed by atoms with Crippen molar-refractivity contribution >= 4 is 0 Å². The fraction of sp³-hybridized carbons (Fsp3) is 0.455. The lowest BCUT2D eigenvalue weighted by atomic mass is 10.2. The summed E-state index contributed by atoms with van der Waals surface area (Å²) in [5.74, 6) is 1.07. The minimum absolute atomic E-state index is 0.944. The van der Waals surface area contributed by atoms with Crippen molar-refractivity contribution in [3.63, 3.8) is 0 Å². The fourth-order valence-corrected chi connectivity index (χ4v) is 2.28. The zero-order valence-corrected chi connectivity index (χ0v) is 8.12. The lowest BCUT2D eigenvalue weighted by Crippen LogP contribution is -2.26. The highest BCUT2D eigenvalue weighted by Gasteiger charge is 2.25. The van der Waals surface area contributed by atoms with Gasteiger partial charge in [-0.2, -0.15) is 0 Å². The second-order valence-electron chi connectivity index (χ2n) is 4.04. The molecule has 0 radical (unpaired) electrons. The van der Waals surface area contributed by atoms with Crippen molar-refractivity contribution in [3.8, 4) is 0 Å². The van der Waals surface area contributed by atoms with Gasteiger partial charge in [-0.15, -0.1) is 0 Å². The van der Waals surface area contributed by atoms with Crippen LogP contribution in [0, 0.1) is 0 Å². The van der Waals surface area contributed by atoms with E-state index in [1.54, 1.807) is 17.4 Å². The summed E-state index contributed by atoms with van der Waals surface area (Å²) in [5, 5.41) is 3.38. The van der Waals surface area contributed by atoms with Gasteiger partial charge in [0.25, 0.3) is 0 Å². The van der Waals surface area contributed by atoms with Gasteiger partial charge in [-0.05, 0) is 23.3 Å². The van der Waals surface area contributed by atoms with Crippen molar-refractivity contribution in [1.82, 2.24) is 10.2 Å². The van der Waals surface area contributed by atoms with Gasteiger partial charge in [-0.3, -0.25) is 4.90 Å². The standard InChI is InChI=1S/C11H14N2O/c1-2-11(14-3-1)8-13-6-9-4-12-5-10(9)7-13/h1-3,12H,4-8H2. The smallest absolute Gasteiger partial charge is 0.117 e. The van der Waals surface area contributed by atoms with Gasteiger partial charge in [0, 0.05) is 26.2 Å². The van der Waals surface area contributed by atoms with Gasteiger partial charge < -0.3 is 9.73 Å². The maximum atomic E-state index is 5.34. The van der Waals surface area contributed by atoms with Crippen LogP contribution in [-0.4, -0.2) is 31.1 Å². The Morgan fingerprint density at radius 3 is 2.71 bits per heavy atom. The van der Waals surface area contributed by atoms with E-state index in [4.69, 9.17) is 4.42 Å². The Morgan fingerprint density at radius 1 is 1.29 bits per heavy atom. The van der Waals surface area contributed by atoms with Gasteiger partial charge >= 0.3 is 0 Å². The zero-order valence-electron chi connectivity index (χ0n) is 8.12. The van der Waals surface area contributed by atoms with Crippen molar-refractivity contribution in [2.24, 2.45) is 0 Å². The number of hydrogen-bond acceptors (Lipinski definition) is 3. The number of hydrogen-bond donors (Lipinski definition) is 1. The van der Waals surface area contributed by atoms with E-state index < -0.39 is 0 Å². The number of furan rings is 1. The second-order valence-corrected chi connectivity index (χ2v) is 4.04. The highest BCUT2D eigenvalue weighted by atomic mass is 16.3. The number of rotatable bonds is 2. The van der Waals surface area contributed by atoms with Gasteiger partial charge in [0.05, 0.1) is 12.8 Å². The molecule has 0 amide bonds. The molecule has 0 atom stereocenters. The summed E-state index contributed by atoms with van der Waals surface area (Å²) in [6.07, 6.45) is 1.74. The maximum Gasteiger partial charge on any atom is 0.117 e. The summed E-state index contributed by atoms with van der Waals surface area (Å²) in [4.78, 5) is 2.43. The third-order valence-corrected chi connectivity index (χ3v) is 2.97. The molecule has 2 aliphatic heterocycles. The van der Waals surface area contributed by atoms with Gasteiger partial charge in [0.15, 0.2) is 0 Å². The van der Waals surface area contributed by atoms with Crippen LogP contribution in [0.4, 0.5) is 0 Å². The quantitative estimate of drug-likeness (QED) is 0.705. The molecule has 1 N–H and O–H groups in total. The molecular weight excluding hydrogens is 176 g/mol. The highest BCUT2D eigenvalue weighted by Crippen LogP contribution is 2.21. The molecule has 0 spiro atoms. The van der Waals surface area contributed by atoms with Gasteiger partial charge in [0.1, 0.15) is 5.76 Å². The summed E-state index contributed by atoms with van der Waals surface area (Å²) in [6, 6.07) is 4.00. The molecule has 0 fully saturated rings. The van der Waals surface area contributed by atoms with Crippen LogP contribution in [-0.2, 0) is 6.54 Å². The van der Waals surface area contributed by atoms with E-state index in [9.17, 15) is 0 Å². The van der Waals surface area contributed by atoms with E-state index in [-0.39, 0.29) is 0 Å². The average Bonchev–Trinajstić information content (AvgIpc) is 2.78. The second kappa shape index (κ2) is 3.26. The molecule has 0 aromatic carbocycles. The zero-order chi connectivity index (χ0) is 9.38. The van der Waals surface area contributed by atoms with Crippen molar-refractivity contribution < 1.29 is 4.42 Å². The van der Waals surface area contributed by atoms with Gasteiger partial charge in [-0.1, -0.05) is 0 Å². The monoisotopic (exact) mass is 190 g/mol. The largest absolute Gasteiger partial charge is 0.468 e. The lowest BCUT2D eigenvalue weighted by molar-refractivity contribution is 0.297. The van der Waals surface area contributed by atoms with Crippen molar-refractivity contribution in [2.75, 3.05) is 26.2 Å². The first-order chi connectivity index (χ1) is 6.92. The average molecular weight is 190 g/mol. The molecule has 14 heavy (non-hydrogen) atoms. The van der Waals surface area contributed by atoms with Crippen LogP contribution in [0.1, 0.15) is 5.76 Å². The molecule has 3 nitrogen and oxygen atoms in total. The van der Waals surface area contributed by atoms with Crippen molar-refractivity contribution in [3.05, 3.63) is 35.3 Å². The molecule has 2 aliphatic rings. The summed E-state index contributed by atoms with van der Waals surface area (Å²) in [6.45, 7) is 5.35. The first-order valence-electron chi connectivity index (χ1n) is 5.07. The van der Waals surface area contributed by atoms with Crippen molar-refractivity contribution in [2.45, 2.75) is 6.54 Å². The molecule has 3 rings (SSSR count). The summed E-state index contributed by atoms with van der Waals surface area (Å²) in [7, 11) is 0. The van der Waals surface area contributed by atoms with E-state index >= 15 is 0 Å². The minimum Gasteiger partial charge on any atom is -0.468 e. The molecule has 0 saturated heterocycles. The lowest BCUT2D eigenvalue weighted by Gasteiger charge is -2.15. The first-order valence-corrected chi connectivity index (χ1v) is 5.07. The molecule has 0 bridgehead atoms. The summed E-state index contributed by atoms with van der Waals surface area (Å²) < 4.78 is 5.34.